The van der Waals surface area contributed by atoms with E-state index in [1.807, 2.05) is 0 Å². The third-order valence-electron chi connectivity index (χ3n) is 0.453. The van der Waals surface area contributed by atoms with Crippen LogP contribution in [0.2, 0.25) is 0 Å². The van der Waals surface area contributed by atoms with Crippen molar-refractivity contribution < 1.29 is 14.9 Å². The Bertz CT molecular complexity index is 100.0. The molecule has 1 atom stereocenters. The number of aliphatic hydroxyl groups is 2. The van der Waals surface area contributed by atoms with Crippen LogP contribution in [0.15, 0.2) is 0 Å². The van der Waals surface area contributed by atoms with E-state index in [1.54, 1.807) is 6.92 Å². The highest BCUT2D eigenvalue weighted by atomic mass is 16.6. The van der Waals surface area contributed by atoms with E-state index < -0.39 is 12.9 Å². The summed E-state index contributed by atoms with van der Waals surface area (Å²) in [5.41, 5.74) is 0. The maximum atomic E-state index is 8.41. The number of hydrogen-bond acceptors (Lipinski definition) is 3. The van der Waals surface area contributed by atoms with Crippen LogP contribution in [0.4, 0.5) is 0 Å². The predicted molar refractivity (Wildman–Crippen MR) is 27.6 cm³/mol. The van der Waals surface area contributed by atoms with Gasteiger partial charge < -0.3 is 14.9 Å². The molecular formula is C5H8O3. The van der Waals surface area contributed by atoms with Gasteiger partial charge in [0.15, 0.2) is 0 Å². The summed E-state index contributed by atoms with van der Waals surface area (Å²) in [5.74, 6) is 2.39. The molecule has 0 aromatic rings. The Hall–Kier alpha value is -0.720. The van der Waals surface area contributed by atoms with Crippen molar-refractivity contribution in [2.75, 3.05) is 6.61 Å². The minimum atomic E-state index is -1.16. The van der Waals surface area contributed by atoms with Crippen molar-refractivity contribution in [3.63, 3.8) is 0 Å². The van der Waals surface area contributed by atoms with Crippen LogP contribution in [0.5, 0.6) is 0 Å². The first-order valence-electron chi connectivity index (χ1n) is 2.17. The van der Waals surface area contributed by atoms with E-state index in [0.717, 1.165) is 0 Å². The molecule has 0 spiro atoms. The first kappa shape index (κ1) is 7.28. The Kier molecular flexibility index (Phi) is 4.04. The van der Waals surface area contributed by atoms with Gasteiger partial charge in [0.05, 0.1) is 0 Å². The van der Waals surface area contributed by atoms with Crippen molar-refractivity contribution in [3.05, 3.63) is 0 Å². The molecule has 0 rings (SSSR count). The molecule has 1 unspecified atom stereocenters. The zero-order chi connectivity index (χ0) is 6.41. The summed E-state index contributed by atoms with van der Waals surface area (Å²) in [6.07, 6.45) is 0.975. The first-order chi connectivity index (χ1) is 3.81. The second kappa shape index (κ2) is 4.44. The van der Waals surface area contributed by atoms with Crippen LogP contribution in [0.1, 0.15) is 6.92 Å². The Balaban J connectivity index is 3.19. The molecule has 0 saturated carbocycles. The Labute approximate surface area is 47.9 Å². The molecule has 2 N–H and O–H groups in total. The second-order valence-corrected chi connectivity index (χ2v) is 1.11. The fourth-order valence-corrected chi connectivity index (χ4v) is 0.164. The van der Waals surface area contributed by atoms with Gasteiger partial charge >= 0.3 is 0 Å². The van der Waals surface area contributed by atoms with Crippen molar-refractivity contribution in [2.45, 2.75) is 13.2 Å². The standard InChI is InChI=1S/C5H8O3/c1-2-3-8-5(7)4-6/h5-7H,4H2,1H3. The summed E-state index contributed by atoms with van der Waals surface area (Å²) < 4.78 is 4.28. The molecule has 8 heavy (non-hydrogen) atoms. The number of ether oxygens (including phenoxy) is 1. The fraction of sp³-hybridized carbons (Fsp3) is 0.600. The summed E-state index contributed by atoms with van der Waals surface area (Å²) in [7, 11) is 0. The molecule has 0 amide bonds. The van der Waals surface area contributed by atoms with Crippen molar-refractivity contribution in [1.29, 1.82) is 0 Å². The third-order valence-corrected chi connectivity index (χ3v) is 0.453. The number of hydrogen-bond donors (Lipinski definition) is 2. The highest BCUT2D eigenvalue weighted by Crippen LogP contribution is 1.79. The van der Waals surface area contributed by atoms with Crippen molar-refractivity contribution in [2.24, 2.45) is 0 Å². The molecule has 0 aliphatic carbocycles. The topological polar surface area (TPSA) is 49.7 Å². The summed E-state index contributed by atoms with van der Waals surface area (Å²) >= 11 is 0. The average molecular weight is 116 g/mol. The summed E-state index contributed by atoms with van der Waals surface area (Å²) in [6.45, 7) is 1.15. The molecule has 0 radical (unpaired) electrons. The molecule has 0 aliphatic rings. The van der Waals surface area contributed by atoms with Gasteiger partial charge in [-0.2, -0.15) is 0 Å². The van der Waals surface area contributed by atoms with Crippen molar-refractivity contribution >= 4 is 0 Å². The van der Waals surface area contributed by atoms with Gasteiger partial charge in [-0.15, -0.1) is 0 Å². The normalized spacial score (nSPS) is 11.4. The van der Waals surface area contributed by atoms with E-state index in [2.05, 4.69) is 16.8 Å². The van der Waals surface area contributed by atoms with E-state index in [4.69, 9.17) is 10.2 Å². The van der Waals surface area contributed by atoms with E-state index >= 15 is 0 Å². The van der Waals surface area contributed by atoms with Gasteiger partial charge in [-0.05, 0) is 0 Å². The monoisotopic (exact) mass is 116 g/mol. The molecule has 0 aromatic carbocycles. The first-order valence-corrected chi connectivity index (χ1v) is 2.17. The molecule has 0 aliphatic heterocycles. The summed E-state index contributed by atoms with van der Waals surface area (Å²) in [6, 6.07) is 0. The molecule has 0 aromatic heterocycles. The summed E-state index contributed by atoms with van der Waals surface area (Å²) in [4.78, 5) is 0. The van der Waals surface area contributed by atoms with Crippen LogP contribution in [0.3, 0.4) is 0 Å². The lowest BCUT2D eigenvalue weighted by molar-refractivity contribution is -0.0739. The lowest BCUT2D eigenvalue weighted by Gasteiger charge is -2.00. The smallest absolute Gasteiger partial charge is 0.231 e. The lowest BCUT2D eigenvalue weighted by atomic mass is 10.7. The minimum absolute atomic E-state index is 0.422. The van der Waals surface area contributed by atoms with Crippen LogP contribution in [-0.4, -0.2) is 23.1 Å². The molecule has 0 saturated heterocycles. The Morgan fingerprint density at radius 3 is 2.75 bits per heavy atom. The van der Waals surface area contributed by atoms with Gasteiger partial charge in [0.2, 0.25) is 6.29 Å². The van der Waals surface area contributed by atoms with Crippen molar-refractivity contribution in [1.82, 2.24) is 0 Å². The zero-order valence-corrected chi connectivity index (χ0v) is 4.59. The lowest BCUT2D eigenvalue weighted by Crippen LogP contribution is -2.12. The predicted octanol–water partition coefficient (Wildman–Crippen LogP) is -0.706. The van der Waals surface area contributed by atoms with Crippen LogP contribution in [0, 0.1) is 12.0 Å². The van der Waals surface area contributed by atoms with Gasteiger partial charge in [-0.3, -0.25) is 0 Å². The summed E-state index contributed by atoms with van der Waals surface area (Å²) in [5, 5.41) is 16.5. The molecule has 0 bridgehead atoms. The maximum Gasteiger partial charge on any atom is 0.231 e. The van der Waals surface area contributed by atoms with Crippen LogP contribution >= 0.6 is 0 Å². The molecule has 46 valence electrons. The second-order valence-electron chi connectivity index (χ2n) is 1.11. The van der Waals surface area contributed by atoms with E-state index in [0.29, 0.717) is 0 Å². The molecular weight excluding hydrogens is 108 g/mol. The van der Waals surface area contributed by atoms with Crippen LogP contribution < -0.4 is 0 Å². The van der Waals surface area contributed by atoms with Gasteiger partial charge in [-0.1, -0.05) is 5.92 Å². The molecule has 3 heteroatoms. The number of aliphatic hydroxyl groups excluding tert-OH is 2. The highest BCUT2D eigenvalue weighted by molar-refractivity contribution is 4.85. The van der Waals surface area contributed by atoms with Crippen LogP contribution in [0.25, 0.3) is 0 Å². The molecule has 3 nitrogen and oxygen atoms in total. The van der Waals surface area contributed by atoms with E-state index in [1.165, 1.54) is 0 Å². The van der Waals surface area contributed by atoms with Gasteiger partial charge in [0, 0.05) is 6.92 Å². The van der Waals surface area contributed by atoms with Gasteiger partial charge in [-0.25, -0.2) is 0 Å². The Morgan fingerprint density at radius 1 is 1.75 bits per heavy atom. The maximum absolute atomic E-state index is 8.41. The highest BCUT2D eigenvalue weighted by Gasteiger charge is 1.95. The zero-order valence-electron chi connectivity index (χ0n) is 4.59. The van der Waals surface area contributed by atoms with E-state index in [-0.39, 0.29) is 0 Å². The Morgan fingerprint density at radius 2 is 2.38 bits per heavy atom. The fourth-order valence-electron chi connectivity index (χ4n) is 0.164. The molecule has 0 heterocycles. The third kappa shape index (κ3) is 3.47. The van der Waals surface area contributed by atoms with Gasteiger partial charge in [0.25, 0.3) is 0 Å². The molecule has 0 fully saturated rings. The average Bonchev–Trinajstić information content (AvgIpc) is 1.83. The largest absolute Gasteiger partial charge is 0.412 e. The minimum Gasteiger partial charge on any atom is -0.412 e. The van der Waals surface area contributed by atoms with E-state index in [9.17, 15) is 0 Å². The SMILES string of the molecule is CC#COC(O)CO. The van der Waals surface area contributed by atoms with Crippen LogP contribution in [-0.2, 0) is 4.74 Å². The quantitative estimate of drug-likeness (QED) is 0.370. The van der Waals surface area contributed by atoms with Crippen molar-refractivity contribution in [3.8, 4) is 12.0 Å². The van der Waals surface area contributed by atoms with Gasteiger partial charge in [0.1, 0.15) is 12.7 Å². The number of rotatable bonds is 2.